The molecule has 0 bridgehead atoms. The van der Waals surface area contributed by atoms with Gasteiger partial charge in [0.2, 0.25) is 0 Å². The summed E-state index contributed by atoms with van der Waals surface area (Å²) < 4.78 is 136. The molecule has 0 aromatic heterocycles. The Morgan fingerprint density at radius 1 is 0.800 bits per heavy atom. The number of allylic oxidation sites excluding steroid dienone is 2. The number of carbonyl (C=O) groups is 3. The molecule has 0 aliphatic heterocycles. The molecule has 1 aliphatic rings. The Balaban J connectivity index is 2.63. The minimum atomic E-state index is -5.27. The number of aliphatic hydroxyl groups is 1. The van der Waals surface area contributed by atoms with Gasteiger partial charge in [0.25, 0.3) is 0 Å². The van der Waals surface area contributed by atoms with E-state index in [1.807, 2.05) is 0 Å². The molecule has 8 nitrogen and oxygen atoms in total. The van der Waals surface area contributed by atoms with E-state index >= 15 is 0 Å². The highest BCUT2D eigenvalue weighted by Gasteiger charge is 2.41. The van der Waals surface area contributed by atoms with Crippen molar-refractivity contribution in [3.63, 3.8) is 0 Å². The van der Waals surface area contributed by atoms with Crippen LogP contribution in [0.3, 0.4) is 0 Å². The summed E-state index contributed by atoms with van der Waals surface area (Å²) >= 11 is 0. The highest BCUT2D eigenvalue weighted by Crippen LogP contribution is 2.38. The molecule has 1 N–H and O–H groups in total. The molecule has 1 aromatic carbocycles. The molecule has 17 heteroatoms. The van der Waals surface area contributed by atoms with Crippen LogP contribution in [0.2, 0.25) is 0 Å². The maximum absolute atomic E-state index is 13.1. The Bertz CT molecular complexity index is 1490. The van der Waals surface area contributed by atoms with Gasteiger partial charge >= 0.3 is 36.4 Å². The first-order valence-electron chi connectivity index (χ1n) is 11.9. The van der Waals surface area contributed by atoms with E-state index < -0.39 is 89.2 Å². The van der Waals surface area contributed by atoms with Gasteiger partial charge in [-0.25, -0.2) is 14.4 Å². The number of aliphatic hydroxyl groups excluding tert-OH is 1. The van der Waals surface area contributed by atoms with Crippen LogP contribution < -0.4 is 9.47 Å². The summed E-state index contributed by atoms with van der Waals surface area (Å²) in [7, 11) is 0. The fourth-order valence-corrected chi connectivity index (χ4v) is 3.09. The molecule has 0 heterocycles. The predicted octanol–water partition coefficient (Wildman–Crippen LogP) is 6.35. The Labute approximate surface area is 248 Å². The molecule has 1 aromatic rings. The molecule has 2 atom stereocenters. The maximum atomic E-state index is 13.1. The molecule has 2 rings (SSSR count). The van der Waals surface area contributed by atoms with Crippen molar-refractivity contribution in [2.75, 3.05) is 0 Å². The second-order valence-corrected chi connectivity index (χ2v) is 9.01. The molecule has 0 fully saturated rings. The second-order valence-electron chi connectivity index (χ2n) is 9.01. The molecule has 0 spiro atoms. The van der Waals surface area contributed by atoms with Crippen molar-refractivity contribution in [1.82, 2.24) is 0 Å². The van der Waals surface area contributed by atoms with Crippen LogP contribution in [-0.4, -0.2) is 53.9 Å². The van der Waals surface area contributed by atoms with Crippen LogP contribution >= 0.6 is 0 Å². The lowest BCUT2D eigenvalue weighted by Gasteiger charge is -2.26. The minimum absolute atomic E-state index is 0.186. The topological polar surface area (TPSA) is 108 Å². The van der Waals surface area contributed by atoms with Crippen molar-refractivity contribution in [3.8, 4) is 11.5 Å². The zero-order valence-corrected chi connectivity index (χ0v) is 22.8. The largest absolute Gasteiger partial charge is 0.427 e. The van der Waals surface area contributed by atoms with Gasteiger partial charge in [-0.15, -0.1) is 0 Å². The van der Waals surface area contributed by atoms with Gasteiger partial charge in [-0.2, -0.15) is 39.5 Å². The van der Waals surface area contributed by atoms with Crippen molar-refractivity contribution in [3.05, 3.63) is 90.3 Å². The normalized spacial score (nSPS) is 16.0. The zero-order chi connectivity index (χ0) is 34.7. The molecular formula is C28H21F9O8. The maximum Gasteiger partial charge on any atom is 0.422 e. The Morgan fingerprint density at radius 3 is 1.80 bits per heavy atom. The fourth-order valence-electron chi connectivity index (χ4n) is 3.09. The van der Waals surface area contributed by atoms with E-state index in [0.29, 0.717) is 0 Å². The molecule has 0 radical (unpaired) electrons. The number of esters is 3. The zero-order valence-electron chi connectivity index (χ0n) is 22.8. The van der Waals surface area contributed by atoms with Crippen LogP contribution in [-0.2, 0) is 23.9 Å². The lowest BCUT2D eigenvalue weighted by atomic mass is 9.96. The van der Waals surface area contributed by atoms with Gasteiger partial charge in [0.15, 0.2) is 17.8 Å². The van der Waals surface area contributed by atoms with E-state index in [9.17, 15) is 59.0 Å². The van der Waals surface area contributed by atoms with Crippen molar-refractivity contribution in [2.24, 2.45) is 0 Å². The average molecular weight is 656 g/mol. The Morgan fingerprint density at radius 2 is 1.31 bits per heavy atom. The SMILES string of the molecule is C=C(C)C(=O)Oc1ccc(C2=C(OC(=O)C(=C)C(F)(F)F)CC(OC(O)C(=C)C(F)(F)F)C=C2)cc1OC(=O)C(=C)C(F)(F)F. The molecular weight excluding hydrogens is 635 g/mol. The molecule has 0 saturated carbocycles. The van der Waals surface area contributed by atoms with Crippen LogP contribution in [0, 0.1) is 0 Å². The predicted molar refractivity (Wildman–Crippen MR) is 136 cm³/mol. The van der Waals surface area contributed by atoms with E-state index in [0.717, 1.165) is 30.4 Å². The quantitative estimate of drug-likeness (QED) is 0.0776. The van der Waals surface area contributed by atoms with E-state index in [4.69, 9.17) is 18.9 Å². The molecule has 45 heavy (non-hydrogen) atoms. The number of hydrogen-bond acceptors (Lipinski definition) is 8. The summed E-state index contributed by atoms with van der Waals surface area (Å²) in [5, 5.41) is 9.77. The van der Waals surface area contributed by atoms with E-state index in [-0.39, 0.29) is 16.7 Å². The lowest BCUT2D eigenvalue weighted by molar-refractivity contribution is -0.161. The van der Waals surface area contributed by atoms with Crippen molar-refractivity contribution in [2.45, 2.75) is 44.3 Å². The average Bonchev–Trinajstić information content (AvgIpc) is 2.91. The van der Waals surface area contributed by atoms with E-state index in [2.05, 4.69) is 26.3 Å². The highest BCUT2D eigenvalue weighted by atomic mass is 19.4. The third-order valence-electron chi connectivity index (χ3n) is 5.53. The molecule has 1 aliphatic carbocycles. The minimum Gasteiger partial charge on any atom is -0.427 e. The standard InChI is InChI=1S/C28H21F9O8/c1-12(2)22(38)43-19-9-6-16(10-21(19)45-25(41)15(5)28(35,36)37)18-8-7-17(42-23(39)13(3)26(29,30)31)11-20(18)44-24(40)14(4)27(32,33)34/h6-10,17,23,39H,1,3-5,11H2,2H3. The third kappa shape index (κ3) is 9.67. The lowest BCUT2D eigenvalue weighted by Crippen LogP contribution is -2.30. The third-order valence-corrected chi connectivity index (χ3v) is 5.53. The van der Waals surface area contributed by atoms with Crippen molar-refractivity contribution >= 4 is 23.5 Å². The van der Waals surface area contributed by atoms with Gasteiger partial charge in [-0.3, -0.25) is 0 Å². The summed E-state index contributed by atoms with van der Waals surface area (Å²) in [6.45, 7) is 12.3. The van der Waals surface area contributed by atoms with Gasteiger partial charge in [0.1, 0.15) is 16.9 Å². The first-order chi connectivity index (χ1) is 20.4. The number of benzene rings is 1. The van der Waals surface area contributed by atoms with Gasteiger partial charge in [0.05, 0.1) is 11.7 Å². The number of ether oxygens (including phenoxy) is 4. The first-order valence-corrected chi connectivity index (χ1v) is 11.9. The fraction of sp³-hybridized carbons (Fsp3) is 0.250. The number of carbonyl (C=O) groups excluding carboxylic acids is 3. The molecule has 0 amide bonds. The summed E-state index contributed by atoms with van der Waals surface area (Å²) in [5.41, 5.74) is -6.46. The molecule has 244 valence electrons. The monoisotopic (exact) mass is 656 g/mol. The number of alkyl halides is 9. The summed E-state index contributed by atoms with van der Waals surface area (Å²) in [6.07, 6.45) is -18.7. The van der Waals surface area contributed by atoms with Crippen LogP contribution in [0.15, 0.2) is 84.7 Å². The van der Waals surface area contributed by atoms with Crippen molar-refractivity contribution < 1.29 is 78.0 Å². The van der Waals surface area contributed by atoms with E-state index in [1.165, 1.54) is 6.92 Å². The van der Waals surface area contributed by atoms with Gasteiger partial charge in [0, 0.05) is 17.6 Å². The van der Waals surface area contributed by atoms with Crippen LogP contribution in [0.25, 0.3) is 5.57 Å². The summed E-state index contributed by atoms with van der Waals surface area (Å²) in [5.74, 6) is -7.39. The number of halogens is 9. The second kappa shape index (κ2) is 13.6. The van der Waals surface area contributed by atoms with Gasteiger partial charge in [-0.05, 0) is 24.6 Å². The number of rotatable bonds is 10. The van der Waals surface area contributed by atoms with Crippen LogP contribution in [0.4, 0.5) is 39.5 Å². The molecule has 2 unspecified atom stereocenters. The van der Waals surface area contributed by atoms with Crippen LogP contribution in [0.1, 0.15) is 18.9 Å². The van der Waals surface area contributed by atoms with Crippen molar-refractivity contribution in [1.29, 1.82) is 0 Å². The summed E-state index contributed by atoms with van der Waals surface area (Å²) in [6, 6.07) is 2.71. The smallest absolute Gasteiger partial charge is 0.422 e. The Kier molecular flexibility index (Phi) is 11.0. The van der Waals surface area contributed by atoms with Gasteiger partial charge < -0.3 is 24.1 Å². The Hall–Kier alpha value is -4.64. The van der Waals surface area contributed by atoms with Crippen LogP contribution in [0.5, 0.6) is 11.5 Å². The molecule has 0 saturated heterocycles. The summed E-state index contributed by atoms with van der Waals surface area (Å²) in [4.78, 5) is 36.4. The number of hydrogen-bond donors (Lipinski definition) is 1. The first kappa shape index (κ1) is 36.6. The highest BCUT2D eigenvalue weighted by molar-refractivity contribution is 5.93. The van der Waals surface area contributed by atoms with E-state index in [1.54, 1.807) is 0 Å². The van der Waals surface area contributed by atoms with Gasteiger partial charge in [-0.1, -0.05) is 44.5 Å².